The van der Waals surface area contributed by atoms with Gasteiger partial charge in [-0.3, -0.25) is 0 Å². The van der Waals surface area contributed by atoms with Crippen molar-refractivity contribution >= 4 is 27.5 Å². The normalized spacial score (nSPS) is 17.4. The summed E-state index contributed by atoms with van der Waals surface area (Å²) in [4.78, 5) is 0. The van der Waals surface area contributed by atoms with Crippen molar-refractivity contribution in [1.82, 2.24) is 0 Å². The van der Waals surface area contributed by atoms with Gasteiger partial charge in [-0.05, 0) is 37.0 Å². The zero-order valence-corrected chi connectivity index (χ0v) is 11.6. The molecule has 0 aromatic heterocycles. The van der Waals surface area contributed by atoms with Crippen molar-refractivity contribution in [3.63, 3.8) is 0 Å². The topological polar surface area (TPSA) is 9.23 Å². The highest BCUT2D eigenvalue weighted by Crippen LogP contribution is 2.30. The molecule has 1 aromatic carbocycles. The van der Waals surface area contributed by atoms with Crippen LogP contribution in [-0.2, 0) is 0 Å². The van der Waals surface area contributed by atoms with Crippen LogP contribution in [0.2, 0.25) is 5.02 Å². The van der Waals surface area contributed by atoms with E-state index in [2.05, 4.69) is 15.9 Å². The van der Waals surface area contributed by atoms with Crippen LogP contribution in [0.3, 0.4) is 0 Å². The van der Waals surface area contributed by atoms with Gasteiger partial charge in [-0.1, -0.05) is 46.8 Å². The fourth-order valence-electron chi connectivity index (χ4n) is 2.15. The third-order valence-electron chi connectivity index (χ3n) is 3.09. The molecule has 0 spiro atoms. The second-order valence-electron chi connectivity index (χ2n) is 4.39. The molecule has 0 N–H and O–H groups in total. The Balaban J connectivity index is 1.90. The summed E-state index contributed by atoms with van der Waals surface area (Å²) >= 11 is 9.49. The highest BCUT2D eigenvalue weighted by molar-refractivity contribution is 9.10. The van der Waals surface area contributed by atoms with Gasteiger partial charge in [0.15, 0.2) is 0 Å². The van der Waals surface area contributed by atoms with E-state index in [1.54, 1.807) is 0 Å². The Morgan fingerprint density at radius 2 is 2.00 bits per heavy atom. The molecule has 0 atom stereocenters. The number of rotatable bonds is 3. The summed E-state index contributed by atoms with van der Waals surface area (Å²) in [5.74, 6) is 1.51. The summed E-state index contributed by atoms with van der Waals surface area (Å²) in [5.41, 5.74) is 0. The van der Waals surface area contributed by atoms with Crippen LogP contribution in [0.4, 0.5) is 0 Å². The zero-order valence-electron chi connectivity index (χ0n) is 9.22. The molecule has 16 heavy (non-hydrogen) atoms. The molecule has 0 aliphatic heterocycles. The van der Waals surface area contributed by atoms with Gasteiger partial charge in [-0.25, -0.2) is 0 Å². The molecule has 0 unspecified atom stereocenters. The number of ether oxygens (including phenoxy) is 1. The highest BCUT2D eigenvalue weighted by Gasteiger charge is 2.14. The molecule has 0 heterocycles. The lowest BCUT2D eigenvalue weighted by Crippen LogP contribution is -2.15. The monoisotopic (exact) mass is 302 g/mol. The number of benzene rings is 1. The van der Waals surface area contributed by atoms with Gasteiger partial charge in [-0.15, -0.1) is 0 Å². The molecule has 0 bridgehead atoms. The van der Waals surface area contributed by atoms with E-state index < -0.39 is 0 Å². The summed E-state index contributed by atoms with van der Waals surface area (Å²) in [6.45, 7) is 0.802. The Bertz CT molecular complexity index is 348. The molecule has 1 aromatic rings. The van der Waals surface area contributed by atoms with Gasteiger partial charge < -0.3 is 4.74 Å². The maximum Gasteiger partial charge on any atom is 0.139 e. The molecule has 0 amide bonds. The molecular weight excluding hydrogens is 287 g/mol. The Labute approximate surface area is 110 Å². The second kappa shape index (κ2) is 5.92. The summed E-state index contributed by atoms with van der Waals surface area (Å²) < 4.78 is 6.80. The summed E-state index contributed by atoms with van der Waals surface area (Å²) in [5, 5.41) is 0.694. The third-order valence-corrected chi connectivity index (χ3v) is 3.90. The third kappa shape index (κ3) is 3.39. The van der Waals surface area contributed by atoms with Gasteiger partial charge in [0.2, 0.25) is 0 Å². The minimum Gasteiger partial charge on any atom is -0.492 e. The Hall–Kier alpha value is -0.210. The van der Waals surface area contributed by atoms with Crippen LogP contribution in [0.1, 0.15) is 32.1 Å². The first-order chi connectivity index (χ1) is 7.75. The zero-order chi connectivity index (χ0) is 11.4. The van der Waals surface area contributed by atoms with E-state index in [-0.39, 0.29) is 0 Å². The van der Waals surface area contributed by atoms with Crippen molar-refractivity contribution in [1.29, 1.82) is 0 Å². The van der Waals surface area contributed by atoms with Crippen LogP contribution >= 0.6 is 27.5 Å². The molecule has 2 rings (SSSR count). The molecule has 1 saturated carbocycles. The van der Waals surface area contributed by atoms with E-state index in [0.717, 1.165) is 16.8 Å². The van der Waals surface area contributed by atoms with Gasteiger partial charge in [0.1, 0.15) is 5.75 Å². The molecule has 1 fully saturated rings. The predicted molar refractivity (Wildman–Crippen MR) is 71.2 cm³/mol. The van der Waals surface area contributed by atoms with Crippen molar-refractivity contribution in [3.8, 4) is 5.75 Å². The van der Waals surface area contributed by atoms with Gasteiger partial charge >= 0.3 is 0 Å². The fourth-order valence-corrected chi connectivity index (χ4v) is 2.66. The SMILES string of the molecule is Clc1ccc(Br)cc1OCC1CCCCC1. The van der Waals surface area contributed by atoms with E-state index in [4.69, 9.17) is 16.3 Å². The number of hydrogen-bond acceptors (Lipinski definition) is 1. The summed E-state index contributed by atoms with van der Waals surface area (Å²) in [6.07, 6.45) is 6.67. The van der Waals surface area contributed by atoms with E-state index in [1.165, 1.54) is 32.1 Å². The van der Waals surface area contributed by atoms with Crippen LogP contribution in [0, 0.1) is 5.92 Å². The Morgan fingerprint density at radius 3 is 2.75 bits per heavy atom. The van der Waals surface area contributed by atoms with Crippen LogP contribution in [0.5, 0.6) is 5.75 Å². The first-order valence-electron chi connectivity index (χ1n) is 5.83. The maximum atomic E-state index is 6.07. The first kappa shape index (κ1) is 12.3. The van der Waals surface area contributed by atoms with Crippen LogP contribution < -0.4 is 4.74 Å². The van der Waals surface area contributed by atoms with E-state index in [0.29, 0.717) is 10.9 Å². The quantitative estimate of drug-likeness (QED) is 0.758. The number of hydrogen-bond donors (Lipinski definition) is 0. The molecule has 0 radical (unpaired) electrons. The standard InChI is InChI=1S/C13H16BrClO/c14-11-6-7-12(15)13(8-11)16-9-10-4-2-1-3-5-10/h6-8,10H,1-5,9H2. The maximum absolute atomic E-state index is 6.07. The van der Waals surface area contributed by atoms with Crippen molar-refractivity contribution in [3.05, 3.63) is 27.7 Å². The molecular formula is C13H16BrClO. The highest BCUT2D eigenvalue weighted by atomic mass is 79.9. The van der Waals surface area contributed by atoms with Crippen LogP contribution in [0.15, 0.2) is 22.7 Å². The van der Waals surface area contributed by atoms with Crippen molar-refractivity contribution in [2.75, 3.05) is 6.61 Å². The Morgan fingerprint density at radius 1 is 1.25 bits per heavy atom. The lowest BCUT2D eigenvalue weighted by molar-refractivity contribution is 0.209. The predicted octanol–water partition coefficient (Wildman–Crippen LogP) is 5.06. The van der Waals surface area contributed by atoms with Crippen LogP contribution in [0.25, 0.3) is 0 Å². The summed E-state index contributed by atoms with van der Waals surface area (Å²) in [6, 6.07) is 5.73. The van der Waals surface area contributed by atoms with Gasteiger partial charge in [-0.2, -0.15) is 0 Å². The molecule has 0 saturated heterocycles. The lowest BCUT2D eigenvalue weighted by Gasteiger charge is -2.21. The molecule has 88 valence electrons. The van der Waals surface area contributed by atoms with Gasteiger partial charge in [0.05, 0.1) is 11.6 Å². The van der Waals surface area contributed by atoms with Crippen molar-refractivity contribution in [2.24, 2.45) is 5.92 Å². The largest absolute Gasteiger partial charge is 0.492 e. The Kier molecular flexibility index (Phi) is 4.54. The molecule has 3 heteroatoms. The molecule has 1 aliphatic carbocycles. The second-order valence-corrected chi connectivity index (χ2v) is 5.71. The van der Waals surface area contributed by atoms with Crippen molar-refractivity contribution < 1.29 is 4.74 Å². The average Bonchev–Trinajstić information content (AvgIpc) is 2.32. The minimum absolute atomic E-state index is 0.694. The lowest BCUT2D eigenvalue weighted by atomic mass is 9.90. The minimum atomic E-state index is 0.694. The first-order valence-corrected chi connectivity index (χ1v) is 7.00. The smallest absolute Gasteiger partial charge is 0.139 e. The summed E-state index contributed by atoms with van der Waals surface area (Å²) in [7, 11) is 0. The number of halogens is 2. The van der Waals surface area contributed by atoms with Gasteiger partial charge in [0.25, 0.3) is 0 Å². The average molecular weight is 304 g/mol. The van der Waals surface area contributed by atoms with Crippen LogP contribution in [-0.4, -0.2) is 6.61 Å². The van der Waals surface area contributed by atoms with Gasteiger partial charge in [0, 0.05) is 4.47 Å². The van der Waals surface area contributed by atoms with E-state index in [1.807, 2.05) is 18.2 Å². The van der Waals surface area contributed by atoms with E-state index >= 15 is 0 Å². The fraction of sp³-hybridized carbons (Fsp3) is 0.538. The van der Waals surface area contributed by atoms with Crippen molar-refractivity contribution in [2.45, 2.75) is 32.1 Å². The molecule has 1 nitrogen and oxygen atoms in total. The van der Waals surface area contributed by atoms with E-state index in [9.17, 15) is 0 Å². The molecule has 1 aliphatic rings.